The number of esters is 3. The van der Waals surface area contributed by atoms with Crippen LogP contribution in [0.2, 0.25) is 0 Å². The van der Waals surface area contributed by atoms with Crippen LogP contribution < -0.4 is 0 Å². The van der Waals surface area contributed by atoms with Crippen molar-refractivity contribution in [2.45, 2.75) is 68.3 Å². The molecule has 0 aromatic rings. The van der Waals surface area contributed by atoms with Gasteiger partial charge in [0.25, 0.3) is 0 Å². The Bertz CT molecular complexity index is 899. The Morgan fingerprint density at radius 1 is 0.789 bits per heavy atom. The molecule has 4 atom stereocenters. The first-order chi connectivity index (χ1) is 17.6. The summed E-state index contributed by atoms with van der Waals surface area (Å²) in [5.74, 6) is -3.11. The first-order valence-electron chi connectivity index (χ1n) is 12.5. The number of amides is 2. The van der Waals surface area contributed by atoms with Crippen molar-refractivity contribution in [3.8, 4) is 0 Å². The summed E-state index contributed by atoms with van der Waals surface area (Å²) in [5.41, 5.74) is -1.46. The lowest BCUT2D eigenvalue weighted by Gasteiger charge is -2.28. The van der Waals surface area contributed by atoms with Crippen LogP contribution in [0.4, 0.5) is 0 Å². The number of fused-ring (bicyclic) bond motifs is 5. The zero-order valence-electron chi connectivity index (χ0n) is 22.3. The second kappa shape index (κ2) is 11.9. The molecule has 0 aromatic carbocycles. The van der Waals surface area contributed by atoms with Gasteiger partial charge in [-0.05, 0) is 47.5 Å². The predicted molar refractivity (Wildman–Crippen MR) is 139 cm³/mol. The van der Waals surface area contributed by atoms with Crippen LogP contribution in [0, 0.1) is 17.3 Å². The fourth-order valence-electron chi connectivity index (χ4n) is 4.57. The Hall–Kier alpha value is -1.57. The van der Waals surface area contributed by atoms with Crippen LogP contribution in [0.15, 0.2) is 0 Å². The Morgan fingerprint density at radius 2 is 1.26 bits per heavy atom. The van der Waals surface area contributed by atoms with Crippen LogP contribution in [0.1, 0.15) is 47.5 Å². The Morgan fingerprint density at radius 3 is 1.71 bits per heavy atom. The number of likely N-dealkylation sites (tertiary alicyclic amines) is 1. The number of imide groups is 1. The van der Waals surface area contributed by atoms with Crippen LogP contribution in [-0.2, 0) is 47.7 Å². The molecule has 3 fully saturated rings. The van der Waals surface area contributed by atoms with Crippen molar-refractivity contribution in [2.75, 3.05) is 39.6 Å². The van der Waals surface area contributed by atoms with Crippen LogP contribution in [0.5, 0.6) is 0 Å². The highest BCUT2D eigenvalue weighted by molar-refractivity contribution is 9.10. The van der Waals surface area contributed by atoms with E-state index in [2.05, 4.69) is 31.9 Å². The van der Waals surface area contributed by atoms with E-state index in [4.69, 9.17) is 23.7 Å². The van der Waals surface area contributed by atoms with Gasteiger partial charge in [0.05, 0.1) is 43.8 Å². The summed E-state index contributed by atoms with van der Waals surface area (Å²) >= 11 is 6.41. The number of hydrogen-bond donors (Lipinski definition) is 0. The third kappa shape index (κ3) is 6.95. The maximum absolute atomic E-state index is 12.9. The van der Waals surface area contributed by atoms with Crippen molar-refractivity contribution >= 4 is 61.6 Å². The summed E-state index contributed by atoms with van der Waals surface area (Å²) in [6.45, 7) is 7.23. The SMILES string of the molecule is CC(C)(Br)C(=O)OCC(C)(COC(=O)C(C)(C)Br)C(=O)OCCOCCN1C(=O)[C@@H]2C3CCC(O3)[C@@H]2C1=O. The fraction of sp³-hybridized carbons (Fsp3) is 0.800. The van der Waals surface area contributed by atoms with E-state index in [1.807, 2.05) is 0 Å². The molecular weight excluding hydrogens is 634 g/mol. The molecule has 0 aliphatic carbocycles. The van der Waals surface area contributed by atoms with Crippen LogP contribution >= 0.6 is 31.9 Å². The van der Waals surface area contributed by atoms with Gasteiger partial charge in [-0.15, -0.1) is 0 Å². The molecule has 0 spiro atoms. The molecule has 214 valence electrons. The van der Waals surface area contributed by atoms with E-state index in [9.17, 15) is 24.0 Å². The molecule has 0 saturated carbocycles. The summed E-state index contributed by atoms with van der Waals surface area (Å²) < 4.78 is 25.2. The molecule has 2 unspecified atom stereocenters. The minimum absolute atomic E-state index is 0.0156. The molecule has 0 N–H and O–H groups in total. The van der Waals surface area contributed by atoms with E-state index in [1.165, 1.54) is 11.8 Å². The van der Waals surface area contributed by atoms with Crippen molar-refractivity contribution in [3.05, 3.63) is 0 Å². The van der Waals surface area contributed by atoms with E-state index >= 15 is 0 Å². The summed E-state index contributed by atoms with van der Waals surface area (Å²) in [4.78, 5) is 63.9. The van der Waals surface area contributed by atoms with Gasteiger partial charge in [-0.3, -0.25) is 28.9 Å². The lowest BCUT2D eigenvalue weighted by molar-refractivity contribution is -0.172. The Labute approximate surface area is 238 Å². The highest BCUT2D eigenvalue weighted by atomic mass is 79.9. The second-order valence-electron chi connectivity index (χ2n) is 11.1. The van der Waals surface area contributed by atoms with Gasteiger partial charge in [0.1, 0.15) is 33.9 Å². The quantitative estimate of drug-likeness (QED) is 0.0945. The zero-order valence-corrected chi connectivity index (χ0v) is 25.4. The zero-order chi connectivity index (χ0) is 28.5. The normalized spacial score (nSPS) is 25.0. The average Bonchev–Trinajstić information content (AvgIpc) is 3.51. The monoisotopic (exact) mass is 667 g/mol. The van der Waals surface area contributed by atoms with E-state index in [0.29, 0.717) is 0 Å². The summed E-state index contributed by atoms with van der Waals surface area (Å²) in [6, 6.07) is 0. The minimum atomic E-state index is -1.46. The molecule has 3 aliphatic rings. The molecule has 2 amide bonds. The van der Waals surface area contributed by atoms with E-state index < -0.39 is 32.0 Å². The van der Waals surface area contributed by atoms with Gasteiger partial charge in [-0.1, -0.05) is 31.9 Å². The van der Waals surface area contributed by atoms with Gasteiger partial charge >= 0.3 is 17.9 Å². The van der Waals surface area contributed by atoms with Gasteiger partial charge in [0, 0.05) is 0 Å². The van der Waals surface area contributed by atoms with Gasteiger partial charge in [-0.2, -0.15) is 0 Å². The molecule has 38 heavy (non-hydrogen) atoms. The molecular formula is C25H35Br2NO10. The summed E-state index contributed by atoms with van der Waals surface area (Å²) in [5, 5.41) is 0. The molecule has 0 aromatic heterocycles. The van der Waals surface area contributed by atoms with Gasteiger partial charge in [0.15, 0.2) is 0 Å². The predicted octanol–water partition coefficient (Wildman–Crippen LogP) is 2.15. The third-order valence-corrected chi connectivity index (χ3v) is 7.45. The summed E-state index contributed by atoms with van der Waals surface area (Å²) in [6.07, 6.45) is 1.28. The Kier molecular flexibility index (Phi) is 9.69. The van der Waals surface area contributed by atoms with E-state index in [1.54, 1.807) is 27.7 Å². The summed E-state index contributed by atoms with van der Waals surface area (Å²) in [7, 11) is 0. The van der Waals surface area contributed by atoms with Crippen molar-refractivity contribution < 1.29 is 47.7 Å². The van der Waals surface area contributed by atoms with Crippen LogP contribution in [0.3, 0.4) is 0 Å². The standard InChI is InChI=1S/C25H35Br2NO10/c1-23(2,26)20(31)36-12-25(5,13-37-21(32)24(3,4)27)22(33)35-11-10-34-9-8-28-18(29)16-14-6-7-15(38-14)17(16)19(28)30/h14-17H,6-13H2,1-5H3/t14?,15?,16-,17+. The number of alkyl halides is 2. The maximum Gasteiger partial charge on any atom is 0.322 e. The minimum Gasteiger partial charge on any atom is -0.463 e. The Balaban J connectivity index is 1.45. The van der Waals surface area contributed by atoms with E-state index in [-0.39, 0.29) is 75.4 Å². The number of nitrogens with zero attached hydrogens (tertiary/aromatic N) is 1. The largest absolute Gasteiger partial charge is 0.463 e. The fourth-order valence-corrected chi connectivity index (χ4v) is 4.80. The molecule has 3 rings (SSSR count). The second-order valence-corrected chi connectivity index (χ2v) is 15.0. The highest BCUT2D eigenvalue weighted by Gasteiger charge is 2.62. The molecule has 3 heterocycles. The number of carbonyl (C=O) groups is 5. The highest BCUT2D eigenvalue weighted by Crippen LogP contribution is 2.48. The molecule has 0 radical (unpaired) electrons. The third-order valence-electron chi connectivity index (χ3n) is 6.80. The van der Waals surface area contributed by atoms with Crippen molar-refractivity contribution in [1.82, 2.24) is 4.90 Å². The van der Waals surface area contributed by atoms with Crippen molar-refractivity contribution in [2.24, 2.45) is 17.3 Å². The number of rotatable bonds is 13. The number of halogens is 2. The molecule has 2 bridgehead atoms. The van der Waals surface area contributed by atoms with E-state index in [0.717, 1.165) is 12.8 Å². The first kappa shape index (κ1) is 31.0. The van der Waals surface area contributed by atoms with Gasteiger partial charge < -0.3 is 23.7 Å². The smallest absolute Gasteiger partial charge is 0.322 e. The number of ether oxygens (including phenoxy) is 5. The van der Waals surface area contributed by atoms with Crippen LogP contribution in [0.25, 0.3) is 0 Å². The molecule has 13 heteroatoms. The number of hydrogen-bond acceptors (Lipinski definition) is 10. The van der Waals surface area contributed by atoms with Gasteiger partial charge in [-0.25, -0.2) is 0 Å². The first-order valence-corrected chi connectivity index (χ1v) is 14.1. The number of carbonyl (C=O) groups excluding carboxylic acids is 5. The van der Waals surface area contributed by atoms with Gasteiger partial charge in [0.2, 0.25) is 11.8 Å². The topological polar surface area (TPSA) is 135 Å². The van der Waals surface area contributed by atoms with Crippen molar-refractivity contribution in [1.29, 1.82) is 0 Å². The van der Waals surface area contributed by atoms with Crippen LogP contribution in [-0.4, -0.2) is 95.1 Å². The van der Waals surface area contributed by atoms with Crippen molar-refractivity contribution in [3.63, 3.8) is 0 Å². The molecule has 3 aliphatic heterocycles. The average molecular weight is 669 g/mol. The maximum atomic E-state index is 12.9. The molecule has 3 saturated heterocycles. The lowest BCUT2D eigenvalue weighted by Crippen LogP contribution is -2.43. The lowest BCUT2D eigenvalue weighted by atomic mass is 9.81. The molecule has 11 nitrogen and oxygen atoms in total.